The molecule has 2 rings (SSSR count). The zero-order valence-electron chi connectivity index (χ0n) is 17.5. The number of nitrogens with one attached hydrogen (secondary N) is 2. The van der Waals surface area contributed by atoms with Gasteiger partial charge in [-0.1, -0.05) is 35.9 Å². The fraction of sp³-hybridized carbons (Fsp3) is 0.318. The molecule has 172 valence electrons. The Morgan fingerprint density at radius 3 is 2.31 bits per heavy atom. The molecular weight excluding hydrogens is 447 g/mol. The molecule has 2 aromatic rings. The van der Waals surface area contributed by atoms with E-state index in [9.17, 15) is 27.6 Å². The van der Waals surface area contributed by atoms with Crippen LogP contribution in [0.3, 0.4) is 0 Å². The van der Waals surface area contributed by atoms with Gasteiger partial charge in [-0.2, -0.15) is 13.2 Å². The van der Waals surface area contributed by atoms with Gasteiger partial charge in [-0.25, -0.2) is 0 Å². The summed E-state index contributed by atoms with van der Waals surface area (Å²) in [6.07, 6.45) is -5.03. The van der Waals surface area contributed by atoms with E-state index in [-0.39, 0.29) is 25.4 Å². The molecule has 1 unspecified atom stereocenters. The van der Waals surface area contributed by atoms with Crippen LogP contribution in [-0.4, -0.2) is 35.3 Å². The second-order valence-corrected chi connectivity index (χ2v) is 7.51. The van der Waals surface area contributed by atoms with Crippen LogP contribution in [0.1, 0.15) is 37.4 Å². The Labute approximate surface area is 188 Å². The topological polar surface area (TPSA) is 78.5 Å². The lowest BCUT2D eigenvalue weighted by atomic mass is 10.0. The number of halogens is 4. The van der Waals surface area contributed by atoms with Gasteiger partial charge in [0.25, 0.3) is 0 Å². The molecule has 10 heteroatoms. The molecule has 0 aliphatic rings. The summed E-state index contributed by atoms with van der Waals surface area (Å²) < 4.78 is 38.2. The summed E-state index contributed by atoms with van der Waals surface area (Å²) in [5, 5.41) is 5.90. The highest BCUT2D eigenvalue weighted by Gasteiger charge is 2.41. The smallest absolute Gasteiger partial charge is 0.349 e. The van der Waals surface area contributed by atoms with Crippen LogP contribution in [0, 0.1) is 0 Å². The predicted octanol–water partition coefficient (Wildman–Crippen LogP) is 4.46. The standard InChI is InChI=1S/C22H23ClF3N3O3/c1-3-29(21(32)22(24,25)26)13-15-5-4-6-18(11-15)28-20(31)12-19(27-14(2)30)16-7-9-17(23)10-8-16/h4-11,19H,3,12-13H2,1-2H3,(H,27,30)(H,28,31). The van der Waals surface area contributed by atoms with Gasteiger partial charge in [-0.05, 0) is 42.3 Å². The lowest BCUT2D eigenvalue weighted by molar-refractivity contribution is -0.185. The van der Waals surface area contributed by atoms with Crippen molar-refractivity contribution >= 4 is 35.0 Å². The largest absolute Gasteiger partial charge is 0.471 e. The molecule has 3 amide bonds. The number of rotatable bonds is 8. The van der Waals surface area contributed by atoms with Gasteiger partial charge in [-0.15, -0.1) is 0 Å². The number of amides is 3. The lowest BCUT2D eigenvalue weighted by Crippen LogP contribution is -2.40. The zero-order chi connectivity index (χ0) is 23.9. The number of alkyl halides is 3. The summed E-state index contributed by atoms with van der Waals surface area (Å²) in [5.74, 6) is -2.64. The van der Waals surface area contributed by atoms with Gasteiger partial charge in [-0.3, -0.25) is 14.4 Å². The van der Waals surface area contributed by atoms with E-state index >= 15 is 0 Å². The van der Waals surface area contributed by atoms with Crippen LogP contribution >= 0.6 is 11.6 Å². The first kappa shape index (κ1) is 25.2. The summed E-state index contributed by atoms with van der Waals surface area (Å²) in [7, 11) is 0. The average molecular weight is 470 g/mol. The minimum absolute atomic E-state index is 0.0704. The van der Waals surface area contributed by atoms with E-state index in [1.807, 2.05) is 0 Å². The van der Waals surface area contributed by atoms with Crippen LogP contribution < -0.4 is 10.6 Å². The maximum absolute atomic E-state index is 12.7. The Bertz CT molecular complexity index is 965. The summed E-state index contributed by atoms with van der Waals surface area (Å²) in [5.41, 5.74) is 1.48. The number of nitrogens with zero attached hydrogens (tertiary/aromatic N) is 1. The molecule has 2 N–H and O–H groups in total. The molecule has 2 aromatic carbocycles. The molecule has 0 saturated carbocycles. The van der Waals surface area contributed by atoms with E-state index in [1.165, 1.54) is 19.9 Å². The van der Waals surface area contributed by atoms with Crippen molar-refractivity contribution in [3.05, 3.63) is 64.7 Å². The maximum atomic E-state index is 12.7. The van der Waals surface area contributed by atoms with Gasteiger partial charge < -0.3 is 15.5 Å². The first-order valence-corrected chi connectivity index (χ1v) is 10.1. The van der Waals surface area contributed by atoms with Gasteiger partial charge in [0.2, 0.25) is 11.8 Å². The Hall–Kier alpha value is -3.07. The number of carbonyl (C=O) groups excluding carboxylic acids is 3. The molecule has 1 atom stereocenters. The van der Waals surface area contributed by atoms with E-state index in [4.69, 9.17) is 11.6 Å². The number of carbonyl (C=O) groups is 3. The first-order valence-electron chi connectivity index (χ1n) is 9.77. The van der Waals surface area contributed by atoms with E-state index in [1.54, 1.807) is 42.5 Å². The van der Waals surface area contributed by atoms with Gasteiger partial charge >= 0.3 is 12.1 Å². The van der Waals surface area contributed by atoms with E-state index in [2.05, 4.69) is 10.6 Å². The zero-order valence-corrected chi connectivity index (χ0v) is 18.3. The Morgan fingerprint density at radius 1 is 1.09 bits per heavy atom. The monoisotopic (exact) mass is 469 g/mol. The lowest BCUT2D eigenvalue weighted by Gasteiger charge is -2.22. The van der Waals surface area contributed by atoms with Gasteiger partial charge in [0.05, 0.1) is 12.5 Å². The summed E-state index contributed by atoms with van der Waals surface area (Å²) >= 11 is 5.89. The Balaban J connectivity index is 2.09. The SMILES string of the molecule is CCN(Cc1cccc(NC(=O)CC(NC(C)=O)c2ccc(Cl)cc2)c1)C(=O)C(F)(F)F. The van der Waals surface area contributed by atoms with Crippen molar-refractivity contribution in [1.82, 2.24) is 10.2 Å². The molecule has 0 saturated heterocycles. The second kappa shape index (κ2) is 11.0. The predicted molar refractivity (Wildman–Crippen MR) is 115 cm³/mol. The third-order valence-electron chi connectivity index (χ3n) is 4.53. The molecule has 6 nitrogen and oxygen atoms in total. The highest BCUT2D eigenvalue weighted by molar-refractivity contribution is 6.30. The fourth-order valence-corrected chi connectivity index (χ4v) is 3.19. The van der Waals surface area contributed by atoms with Crippen LogP contribution in [0.2, 0.25) is 5.02 Å². The van der Waals surface area contributed by atoms with Gasteiger partial charge in [0, 0.05) is 30.7 Å². The summed E-state index contributed by atoms with van der Waals surface area (Å²) in [6.45, 7) is 2.42. The molecule has 0 bridgehead atoms. The quantitative estimate of drug-likeness (QED) is 0.599. The molecule has 0 spiro atoms. The fourth-order valence-electron chi connectivity index (χ4n) is 3.06. The molecule has 0 aliphatic carbocycles. The van der Waals surface area contributed by atoms with E-state index in [0.717, 1.165) is 0 Å². The minimum Gasteiger partial charge on any atom is -0.349 e. The van der Waals surface area contributed by atoms with Crippen LogP contribution in [0.4, 0.5) is 18.9 Å². The summed E-state index contributed by atoms with van der Waals surface area (Å²) in [4.78, 5) is 36.3. The number of hydrogen-bond donors (Lipinski definition) is 2. The van der Waals surface area contributed by atoms with E-state index < -0.39 is 24.0 Å². The maximum Gasteiger partial charge on any atom is 0.471 e. The van der Waals surface area contributed by atoms with Crippen molar-refractivity contribution in [3.63, 3.8) is 0 Å². The Kier molecular flexibility index (Phi) is 8.65. The van der Waals surface area contributed by atoms with Crippen molar-refractivity contribution in [2.45, 2.75) is 39.0 Å². The highest BCUT2D eigenvalue weighted by atomic mass is 35.5. The molecule has 0 fully saturated rings. The van der Waals surface area contributed by atoms with Gasteiger partial charge in [0.1, 0.15) is 0 Å². The first-order chi connectivity index (χ1) is 15.0. The highest BCUT2D eigenvalue weighted by Crippen LogP contribution is 2.22. The third kappa shape index (κ3) is 7.56. The second-order valence-electron chi connectivity index (χ2n) is 7.07. The molecule has 0 heterocycles. The van der Waals surface area contributed by atoms with Crippen LogP contribution in [0.15, 0.2) is 48.5 Å². The van der Waals surface area contributed by atoms with Crippen molar-refractivity contribution < 1.29 is 27.6 Å². The van der Waals surface area contributed by atoms with Gasteiger partial charge in [0.15, 0.2) is 0 Å². The van der Waals surface area contributed by atoms with Crippen LogP contribution in [-0.2, 0) is 20.9 Å². The summed E-state index contributed by atoms with van der Waals surface area (Å²) in [6, 6.07) is 12.3. The number of anilines is 1. The van der Waals surface area contributed by atoms with Crippen LogP contribution in [0.25, 0.3) is 0 Å². The minimum atomic E-state index is -4.96. The van der Waals surface area contributed by atoms with E-state index in [0.29, 0.717) is 26.7 Å². The molecule has 0 aromatic heterocycles. The Morgan fingerprint density at radius 2 is 1.75 bits per heavy atom. The molecule has 0 aliphatic heterocycles. The van der Waals surface area contributed by atoms with Crippen molar-refractivity contribution in [2.75, 3.05) is 11.9 Å². The van der Waals surface area contributed by atoms with Crippen molar-refractivity contribution in [3.8, 4) is 0 Å². The number of hydrogen-bond acceptors (Lipinski definition) is 3. The molecular formula is C22H23ClF3N3O3. The molecule has 0 radical (unpaired) electrons. The van der Waals surface area contributed by atoms with Crippen molar-refractivity contribution in [2.24, 2.45) is 0 Å². The molecule has 32 heavy (non-hydrogen) atoms. The normalized spacial score (nSPS) is 12.1. The van der Waals surface area contributed by atoms with Crippen LogP contribution in [0.5, 0.6) is 0 Å². The average Bonchev–Trinajstić information content (AvgIpc) is 2.71. The number of benzene rings is 2. The third-order valence-corrected chi connectivity index (χ3v) is 4.79. The van der Waals surface area contributed by atoms with Crippen molar-refractivity contribution in [1.29, 1.82) is 0 Å².